The van der Waals surface area contributed by atoms with Crippen LogP contribution in [0.4, 0.5) is 0 Å². The second-order valence-electron chi connectivity index (χ2n) is 21.3. The van der Waals surface area contributed by atoms with Gasteiger partial charge in [-0.25, -0.2) is 4.57 Å². The Bertz CT molecular complexity index is 1440. The monoisotopic (exact) mass is 1040 g/mol. The van der Waals surface area contributed by atoms with Crippen molar-refractivity contribution in [2.75, 3.05) is 54.1 Å². The van der Waals surface area contributed by atoms with Gasteiger partial charge in [0.2, 0.25) is 0 Å². The first-order chi connectivity index (χ1) is 35.6. The van der Waals surface area contributed by atoms with Gasteiger partial charge < -0.3 is 18.9 Å². The van der Waals surface area contributed by atoms with Gasteiger partial charge in [0.15, 0.2) is 0 Å². The Morgan fingerprint density at radius 1 is 0.438 bits per heavy atom. The molecule has 0 saturated heterocycles. The minimum absolute atomic E-state index is 0.0842. The summed E-state index contributed by atoms with van der Waals surface area (Å²) < 4.78 is 35.3. The molecule has 73 heavy (non-hydrogen) atoms. The number of quaternary nitrogens is 1. The first-order valence-electron chi connectivity index (χ1n) is 30.3. The van der Waals surface area contributed by atoms with E-state index in [9.17, 15) is 14.3 Å². The van der Waals surface area contributed by atoms with Crippen molar-refractivity contribution in [2.24, 2.45) is 0 Å². The summed E-state index contributed by atoms with van der Waals surface area (Å²) in [6.07, 6.45) is 76.5. The number of unbranched alkanes of at least 4 members (excludes halogenated alkanes) is 28. The Kier molecular flexibility index (Phi) is 54.1. The number of rotatable bonds is 56. The smallest absolute Gasteiger partial charge is 0.457 e. The molecule has 0 radical (unpaired) electrons. The fraction of sp³-hybridized carbons (Fsp3) is 0.766. The number of likely N-dealkylation sites (N-methyl/N-ethyl adjacent to an activating group) is 1. The van der Waals surface area contributed by atoms with Crippen molar-refractivity contribution in [3.05, 3.63) is 85.1 Å². The van der Waals surface area contributed by atoms with Crippen LogP contribution < -0.4 is 0 Å². The van der Waals surface area contributed by atoms with Crippen LogP contribution in [0.5, 0.6) is 0 Å². The largest absolute Gasteiger partial charge is 0.472 e. The Hall–Kier alpha value is -2.32. The Morgan fingerprint density at radius 3 is 1.19 bits per heavy atom. The molecule has 9 heteroatoms. The number of hydrogen-bond donors (Lipinski definition) is 1. The molecular formula is C64H117NO7P+. The average Bonchev–Trinajstić information content (AvgIpc) is 3.35. The van der Waals surface area contributed by atoms with E-state index in [-0.39, 0.29) is 25.8 Å². The molecule has 8 nitrogen and oxygen atoms in total. The summed E-state index contributed by atoms with van der Waals surface area (Å²) >= 11 is 0. The Morgan fingerprint density at radius 2 is 0.795 bits per heavy atom. The van der Waals surface area contributed by atoms with E-state index in [0.717, 1.165) is 77.0 Å². The fourth-order valence-electron chi connectivity index (χ4n) is 8.32. The highest BCUT2D eigenvalue weighted by Crippen LogP contribution is 2.43. The molecule has 0 aliphatic carbocycles. The third-order valence-corrected chi connectivity index (χ3v) is 13.9. The molecule has 424 valence electrons. The number of carbonyl (C=O) groups excluding carboxylic acids is 1. The van der Waals surface area contributed by atoms with E-state index in [2.05, 4.69) is 98.9 Å². The van der Waals surface area contributed by atoms with Gasteiger partial charge in [-0.3, -0.25) is 13.8 Å². The van der Waals surface area contributed by atoms with Gasteiger partial charge >= 0.3 is 13.8 Å². The normalized spacial score (nSPS) is 14.0. The molecule has 0 aliphatic rings. The molecule has 1 N–H and O–H groups in total. The van der Waals surface area contributed by atoms with Gasteiger partial charge in [0.25, 0.3) is 0 Å². The summed E-state index contributed by atoms with van der Waals surface area (Å²) in [7, 11) is 1.66. The number of carbonyl (C=O) groups is 1. The van der Waals surface area contributed by atoms with Crippen molar-refractivity contribution in [2.45, 2.75) is 264 Å². The minimum atomic E-state index is -4.29. The van der Waals surface area contributed by atoms with Gasteiger partial charge in [-0.15, -0.1) is 0 Å². The van der Waals surface area contributed by atoms with Gasteiger partial charge in [0, 0.05) is 13.0 Å². The molecule has 0 rings (SSSR count). The maximum Gasteiger partial charge on any atom is 0.472 e. The van der Waals surface area contributed by atoms with E-state index in [1.54, 1.807) is 0 Å². The zero-order chi connectivity index (χ0) is 53.3. The summed E-state index contributed by atoms with van der Waals surface area (Å²) in [5.41, 5.74) is 0. The SMILES string of the molecule is CC/C=C\C/C=C\C/C=C\C/C=C\C/C=C\CCCCCCCCCCCC(=O)OC(COCCCCCCCCCCCCCCCC/C=C\C/C=C\CCCCCCC)COP(=O)(O)OCC[N+](C)(C)C. The van der Waals surface area contributed by atoms with E-state index >= 15 is 0 Å². The molecule has 0 aromatic carbocycles. The number of allylic oxidation sites excluding steroid dienone is 14. The molecule has 0 aromatic rings. The lowest BCUT2D eigenvalue weighted by molar-refractivity contribution is -0.870. The quantitative estimate of drug-likeness (QED) is 0.0213. The topological polar surface area (TPSA) is 91.3 Å². The summed E-state index contributed by atoms with van der Waals surface area (Å²) in [6, 6.07) is 0. The molecule has 2 atom stereocenters. The Labute approximate surface area is 452 Å². The van der Waals surface area contributed by atoms with Crippen molar-refractivity contribution in [1.29, 1.82) is 0 Å². The van der Waals surface area contributed by atoms with Gasteiger partial charge in [-0.2, -0.15) is 0 Å². The molecule has 2 unspecified atom stereocenters. The van der Waals surface area contributed by atoms with E-state index in [4.69, 9.17) is 18.5 Å². The highest BCUT2D eigenvalue weighted by Gasteiger charge is 2.26. The molecule has 0 aromatic heterocycles. The molecule has 0 heterocycles. The predicted molar refractivity (Wildman–Crippen MR) is 316 cm³/mol. The molecule has 0 amide bonds. The van der Waals surface area contributed by atoms with Crippen molar-refractivity contribution in [3.63, 3.8) is 0 Å². The third kappa shape index (κ3) is 60.4. The van der Waals surface area contributed by atoms with Crippen LogP contribution in [0.1, 0.15) is 258 Å². The summed E-state index contributed by atoms with van der Waals surface area (Å²) in [5, 5.41) is 0. The van der Waals surface area contributed by atoms with Crippen LogP contribution in [0.3, 0.4) is 0 Å². The second kappa shape index (κ2) is 55.9. The van der Waals surface area contributed by atoms with Gasteiger partial charge in [0.1, 0.15) is 19.3 Å². The number of esters is 1. The van der Waals surface area contributed by atoms with Crippen LogP contribution in [0.25, 0.3) is 0 Å². The van der Waals surface area contributed by atoms with Crippen molar-refractivity contribution >= 4 is 13.8 Å². The first-order valence-corrected chi connectivity index (χ1v) is 31.8. The highest BCUT2D eigenvalue weighted by molar-refractivity contribution is 7.47. The zero-order valence-corrected chi connectivity index (χ0v) is 49.3. The zero-order valence-electron chi connectivity index (χ0n) is 48.4. The van der Waals surface area contributed by atoms with Crippen molar-refractivity contribution < 1.29 is 37.3 Å². The predicted octanol–water partition coefficient (Wildman–Crippen LogP) is 19.5. The third-order valence-electron chi connectivity index (χ3n) is 12.9. The molecule has 0 bridgehead atoms. The van der Waals surface area contributed by atoms with Crippen molar-refractivity contribution in [3.8, 4) is 0 Å². The Balaban J connectivity index is 4.07. The van der Waals surface area contributed by atoms with Crippen molar-refractivity contribution in [1.82, 2.24) is 0 Å². The van der Waals surface area contributed by atoms with Crippen LogP contribution in [0.2, 0.25) is 0 Å². The number of nitrogens with zero attached hydrogens (tertiary/aromatic N) is 1. The van der Waals surface area contributed by atoms with Crippen LogP contribution in [0.15, 0.2) is 85.1 Å². The lowest BCUT2D eigenvalue weighted by atomic mass is 10.0. The lowest BCUT2D eigenvalue weighted by Crippen LogP contribution is -2.37. The van der Waals surface area contributed by atoms with Crippen LogP contribution >= 0.6 is 7.82 Å². The van der Waals surface area contributed by atoms with Gasteiger partial charge in [-0.05, 0) is 89.9 Å². The molecule has 0 spiro atoms. The minimum Gasteiger partial charge on any atom is -0.457 e. The summed E-state index contributed by atoms with van der Waals surface area (Å²) in [6.45, 7) is 5.51. The van der Waals surface area contributed by atoms with E-state index < -0.39 is 13.9 Å². The van der Waals surface area contributed by atoms with Crippen LogP contribution in [0, 0.1) is 0 Å². The molecular weight excluding hydrogens is 926 g/mol. The summed E-state index contributed by atoms with van der Waals surface area (Å²) in [4.78, 5) is 23.1. The molecule has 0 aliphatic heterocycles. The average molecular weight is 1040 g/mol. The van der Waals surface area contributed by atoms with E-state index in [1.807, 2.05) is 21.1 Å². The highest BCUT2D eigenvalue weighted by atomic mass is 31.2. The summed E-state index contributed by atoms with van der Waals surface area (Å²) in [5.74, 6) is -0.320. The number of hydrogen-bond acceptors (Lipinski definition) is 6. The van der Waals surface area contributed by atoms with Crippen LogP contribution in [-0.2, 0) is 27.9 Å². The van der Waals surface area contributed by atoms with E-state index in [0.29, 0.717) is 24.1 Å². The lowest BCUT2D eigenvalue weighted by Gasteiger charge is -2.24. The molecule has 0 saturated carbocycles. The number of phosphoric ester groups is 1. The number of phosphoric acid groups is 1. The standard InChI is InChI=1S/C64H116NO7P/c1-6-8-10-12-14-16-18-20-22-24-26-28-30-32-34-36-38-40-42-44-46-48-50-52-54-56-59-69-61-63(62-71-73(67,68)70-60-58-65(3,4)5)72-64(66)57-55-53-51-49-47-45-43-41-39-37-35-33-31-29-27-25-23-21-19-17-15-13-11-9-7-2/h9,11,15,17-18,20-21,23-24,26-27,29,33,35,63H,6-8,10,12-14,16,19,22,25,28,30-32,34,36-62H2,1-5H3/p+1/b11-9-,17-15-,20-18-,23-21-,26-24-,29-27-,35-33-. The van der Waals surface area contributed by atoms with Gasteiger partial charge in [-0.1, -0.05) is 247 Å². The fourth-order valence-corrected chi connectivity index (χ4v) is 9.06. The van der Waals surface area contributed by atoms with Crippen LogP contribution in [-0.4, -0.2) is 75.6 Å². The first kappa shape index (κ1) is 70.7. The second-order valence-corrected chi connectivity index (χ2v) is 22.8. The van der Waals surface area contributed by atoms with Gasteiger partial charge in [0.05, 0.1) is 34.4 Å². The molecule has 0 fully saturated rings. The maximum atomic E-state index is 12.8. The number of ether oxygens (including phenoxy) is 2. The van der Waals surface area contributed by atoms with E-state index in [1.165, 1.54) is 161 Å². The maximum absolute atomic E-state index is 12.8.